The maximum absolute atomic E-state index is 11.4. The van der Waals surface area contributed by atoms with Gasteiger partial charge >= 0.3 is 11.9 Å². The second kappa shape index (κ2) is 26.0. The van der Waals surface area contributed by atoms with Crippen LogP contribution in [0.25, 0.3) is 0 Å². The highest BCUT2D eigenvalue weighted by molar-refractivity contribution is 5.69. The molecule has 0 bridgehead atoms. The minimum atomic E-state index is -0.311. The molecule has 10 nitrogen and oxygen atoms in total. The van der Waals surface area contributed by atoms with Crippen molar-refractivity contribution >= 4 is 11.9 Å². The smallest absolute Gasteiger partial charge is 0.305 e. The molecule has 32 heavy (non-hydrogen) atoms. The van der Waals surface area contributed by atoms with Gasteiger partial charge in [-0.25, -0.2) is 0 Å². The average Bonchev–Trinajstić information content (AvgIpc) is 2.77. The van der Waals surface area contributed by atoms with Crippen LogP contribution in [0, 0.1) is 0 Å². The normalized spacial score (nSPS) is 10.9. The zero-order chi connectivity index (χ0) is 23.5. The van der Waals surface area contributed by atoms with Crippen molar-refractivity contribution in [3.8, 4) is 0 Å². The Bertz CT molecular complexity index is 420. The molecule has 0 spiro atoms. The monoisotopic (exact) mass is 466 g/mol. The largest absolute Gasteiger partial charge is 0.463 e. The Morgan fingerprint density at radius 1 is 0.500 bits per heavy atom. The molecule has 0 aliphatic carbocycles. The zero-order valence-corrected chi connectivity index (χ0v) is 19.8. The Morgan fingerprint density at radius 2 is 0.844 bits per heavy atom. The molecule has 0 aromatic carbocycles. The highest BCUT2D eigenvalue weighted by atomic mass is 16.6. The molecule has 0 amide bonds. The third kappa shape index (κ3) is 26.7. The summed E-state index contributed by atoms with van der Waals surface area (Å²) in [4.78, 5) is 21.9. The maximum Gasteiger partial charge on any atom is 0.305 e. The van der Waals surface area contributed by atoms with Crippen molar-refractivity contribution in [3.05, 3.63) is 0 Å². The number of carbonyl (C=O) groups excluding carboxylic acids is 2. The molecule has 0 unspecified atom stereocenters. The molecular weight excluding hydrogens is 424 g/mol. The van der Waals surface area contributed by atoms with Crippen molar-refractivity contribution in [3.63, 3.8) is 0 Å². The Hall–Kier alpha value is -1.30. The third-order valence-corrected chi connectivity index (χ3v) is 3.87. The molecular formula is C22H42O10. The highest BCUT2D eigenvalue weighted by Crippen LogP contribution is 2.00. The van der Waals surface area contributed by atoms with Gasteiger partial charge in [-0.3, -0.25) is 9.59 Å². The summed E-state index contributed by atoms with van der Waals surface area (Å²) in [5.41, 5.74) is 0. The van der Waals surface area contributed by atoms with E-state index in [9.17, 15) is 9.59 Å². The molecule has 0 saturated heterocycles. The van der Waals surface area contributed by atoms with Crippen LogP contribution in [0.2, 0.25) is 0 Å². The van der Waals surface area contributed by atoms with E-state index in [1.165, 1.54) is 6.92 Å². The van der Waals surface area contributed by atoms with Crippen molar-refractivity contribution in [2.75, 3.05) is 92.5 Å². The van der Waals surface area contributed by atoms with Gasteiger partial charge in [-0.1, -0.05) is 19.8 Å². The number of carbonyl (C=O) groups is 2. The van der Waals surface area contributed by atoms with Crippen LogP contribution >= 0.6 is 0 Å². The Morgan fingerprint density at radius 3 is 1.19 bits per heavy atom. The summed E-state index contributed by atoms with van der Waals surface area (Å²) in [5.74, 6) is -0.472. The lowest BCUT2D eigenvalue weighted by Gasteiger charge is -2.08. The van der Waals surface area contributed by atoms with Crippen LogP contribution in [0.1, 0.15) is 39.5 Å². The first-order valence-electron chi connectivity index (χ1n) is 11.4. The fraction of sp³-hybridized carbons (Fsp3) is 0.909. The van der Waals surface area contributed by atoms with E-state index in [1.54, 1.807) is 0 Å². The van der Waals surface area contributed by atoms with Gasteiger partial charge < -0.3 is 37.9 Å². The van der Waals surface area contributed by atoms with E-state index in [0.29, 0.717) is 85.7 Å². The predicted molar refractivity (Wildman–Crippen MR) is 117 cm³/mol. The molecule has 0 N–H and O–H groups in total. The average molecular weight is 467 g/mol. The summed E-state index contributed by atoms with van der Waals surface area (Å²) < 4.78 is 41.9. The molecule has 0 rings (SSSR count). The zero-order valence-electron chi connectivity index (χ0n) is 19.8. The summed E-state index contributed by atoms with van der Waals surface area (Å²) >= 11 is 0. The molecule has 0 saturated carbocycles. The molecule has 0 aromatic heterocycles. The van der Waals surface area contributed by atoms with E-state index in [0.717, 1.165) is 19.3 Å². The van der Waals surface area contributed by atoms with E-state index in [4.69, 9.17) is 37.9 Å². The summed E-state index contributed by atoms with van der Waals surface area (Å²) in [6.07, 6.45) is 3.50. The van der Waals surface area contributed by atoms with Crippen molar-refractivity contribution < 1.29 is 47.5 Å². The van der Waals surface area contributed by atoms with Gasteiger partial charge in [0.1, 0.15) is 13.2 Å². The summed E-state index contributed by atoms with van der Waals surface area (Å²) in [6.45, 7) is 9.48. The number of unbranched alkanes of at least 4 members (excludes halogenated alkanes) is 2. The second-order valence-electron chi connectivity index (χ2n) is 6.69. The number of esters is 2. The van der Waals surface area contributed by atoms with E-state index in [2.05, 4.69) is 6.92 Å². The number of ether oxygens (including phenoxy) is 8. The van der Waals surface area contributed by atoms with Gasteiger partial charge in [0.15, 0.2) is 0 Å². The molecule has 0 radical (unpaired) electrons. The first kappa shape index (κ1) is 30.7. The lowest BCUT2D eigenvalue weighted by Crippen LogP contribution is -2.15. The maximum atomic E-state index is 11.4. The molecule has 0 aromatic rings. The van der Waals surface area contributed by atoms with Crippen molar-refractivity contribution in [1.82, 2.24) is 0 Å². The van der Waals surface area contributed by atoms with E-state index in [-0.39, 0.29) is 25.2 Å². The first-order valence-corrected chi connectivity index (χ1v) is 11.4. The van der Waals surface area contributed by atoms with Gasteiger partial charge in [-0.05, 0) is 6.42 Å². The van der Waals surface area contributed by atoms with Crippen LogP contribution in [0.3, 0.4) is 0 Å². The van der Waals surface area contributed by atoms with Gasteiger partial charge in [0.05, 0.1) is 79.3 Å². The quantitative estimate of drug-likeness (QED) is 0.146. The second-order valence-corrected chi connectivity index (χ2v) is 6.69. The number of hydrogen-bond acceptors (Lipinski definition) is 10. The van der Waals surface area contributed by atoms with Crippen molar-refractivity contribution in [2.45, 2.75) is 39.5 Å². The Kier molecular flexibility index (Phi) is 24.9. The summed E-state index contributed by atoms with van der Waals surface area (Å²) in [5, 5.41) is 0. The Labute approximate surface area is 192 Å². The summed E-state index contributed by atoms with van der Waals surface area (Å²) in [6, 6.07) is 0. The van der Waals surface area contributed by atoms with Crippen molar-refractivity contribution in [2.24, 2.45) is 0 Å². The van der Waals surface area contributed by atoms with Crippen LogP contribution in [0.5, 0.6) is 0 Å². The minimum Gasteiger partial charge on any atom is -0.463 e. The standard InChI is InChI=1S/C22H42O10/c1-3-4-5-6-22(24)32-20-18-30-16-14-28-12-10-26-8-7-25-9-11-27-13-15-29-17-19-31-21(2)23/h3-20H2,1-2H3. The molecule has 10 heteroatoms. The van der Waals surface area contributed by atoms with Gasteiger partial charge in [0.2, 0.25) is 0 Å². The fourth-order valence-electron chi connectivity index (χ4n) is 2.25. The third-order valence-electron chi connectivity index (χ3n) is 3.87. The van der Waals surface area contributed by atoms with Crippen LogP contribution in [0.15, 0.2) is 0 Å². The van der Waals surface area contributed by atoms with Crippen LogP contribution in [-0.2, 0) is 47.5 Å². The van der Waals surface area contributed by atoms with Gasteiger partial charge in [-0.15, -0.1) is 0 Å². The molecule has 0 fully saturated rings. The SMILES string of the molecule is CCCCCC(=O)OCCOCCOCCOCCOCCOCCOCCOC(C)=O. The molecule has 0 aliphatic rings. The van der Waals surface area contributed by atoms with Crippen LogP contribution < -0.4 is 0 Å². The lowest BCUT2D eigenvalue weighted by molar-refractivity contribution is -0.145. The molecule has 190 valence electrons. The van der Waals surface area contributed by atoms with E-state index < -0.39 is 0 Å². The van der Waals surface area contributed by atoms with Gasteiger partial charge in [0.25, 0.3) is 0 Å². The Balaban J connectivity index is 3.08. The predicted octanol–water partition coefficient (Wildman–Crippen LogP) is 1.77. The van der Waals surface area contributed by atoms with Gasteiger partial charge in [0, 0.05) is 13.3 Å². The molecule has 0 atom stereocenters. The molecule has 0 aliphatic heterocycles. The number of hydrogen-bond donors (Lipinski definition) is 0. The number of rotatable bonds is 25. The fourth-order valence-corrected chi connectivity index (χ4v) is 2.25. The highest BCUT2D eigenvalue weighted by Gasteiger charge is 2.01. The topological polar surface area (TPSA) is 108 Å². The molecule has 0 heterocycles. The van der Waals surface area contributed by atoms with E-state index >= 15 is 0 Å². The van der Waals surface area contributed by atoms with E-state index in [1.807, 2.05) is 0 Å². The first-order chi connectivity index (χ1) is 15.7. The summed E-state index contributed by atoms with van der Waals surface area (Å²) in [7, 11) is 0. The van der Waals surface area contributed by atoms with Gasteiger partial charge in [-0.2, -0.15) is 0 Å². The lowest BCUT2D eigenvalue weighted by atomic mass is 10.2. The van der Waals surface area contributed by atoms with Crippen molar-refractivity contribution in [1.29, 1.82) is 0 Å². The van der Waals surface area contributed by atoms with Crippen LogP contribution in [0.4, 0.5) is 0 Å². The van der Waals surface area contributed by atoms with Crippen LogP contribution in [-0.4, -0.2) is 104 Å². The minimum absolute atomic E-state index is 0.161.